The molecule has 0 saturated carbocycles. The van der Waals surface area contributed by atoms with E-state index >= 15 is 0 Å². The van der Waals surface area contributed by atoms with Crippen LogP contribution in [0.1, 0.15) is 12.1 Å². The number of hydrogen-bond acceptors (Lipinski definition) is 6. The Labute approximate surface area is 113 Å². The quantitative estimate of drug-likeness (QED) is 0.535. The molecule has 0 bridgehead atoms. The van der Waals surface area contributed by atoms with Gasteiger partial charge in [-0.25, -0.2) is 4.68 Å². The number of rotatable bonds is 12. The highest BCUT2D eigenvalue weighted by Crippen LogP contribution is 1.97. The minimum Gasteiger partial charge on any atom is -0.396 e. The van der Waals surface area contributed by atoms with Crippen LogP contribution in [0.2, 0.25) is 0 Å². The second-order valence-corrected chi connectivity index (χ2v) is 4.02. The number of methoxy groups -OCH3 is 1. The Balaban J connectivity index is 1.98. The number of hydrogen-bond donors (Lipinski definition) is 1. The lowest BCUT2D eigenvalue weighted by Gasteiger charge is -2.05. The van der Waals surface area contributed by atoms with Crippen LogP contribution in [0.4, 0.5) is 0 Å². The average Bonchev–Trinajstić information content (AvgIpc) is 2.87. The third-order valence-corrected chi connectivity index (χ3v) is 2.45. The molecule has 0 aliphatic heterocycles. The standard InChI is InChI=1S/C12H23N3O4/c1-17-7-8-19-10-9-18-6-4-15-11-12(13-14-15)3-2-5-16/h11,16H,2-10H2,1H3. The highest BCUT2D eigenvalue weighted by molar-refractivity contribution is 4.91. The van der Waals surface area contributed by atoms with Crippen molar-refractivity contribution in [1.82, 2.24) is 15.0 Å². The zero-order chi connectivity index (χ0) is 13.8. The van der Waals surface area contributed by atoms with Gasteiger partial charge in [-0.05, 0) is 12.8 Å². The minimum absolute atomic E-state index is 0.180. The summed E-state index contributed by atoms with van der Waals surface area (Å²) in [6.45, 7) is 3.77. The van der Waals surface area contributed by atoms with Gasteiger partial charge in [-0.1, -0.05) is 5.21 Å². The van der Waals surface area contributed by atoms with Crippen LogP contribution in [0.25, 0.3) is 0 Å². The summed E-state index contributed by atoms with van der Waals surface area (Å²) >= 11 is 0. The first-order valence-corrected chi connectivity index (χ1v) is 6.51. The Bertz CT molecular complexity index is 320. The number of ether oxygens (including phenoxy) is 3. The van der Waals surface area contributed by atoms with Gasteiger partial charge in [-0.2, -0.15) is 0 Å². The van der Waals surface area contributed by atoms with Gasteiger partial charge in [0.05, 0.1) is 45.3 Å². The second-order valence-electron chi connectivity index (χ2n) is 4.02. The van der Waals surface area contributed by atoms with Crippen LogP contribution in [-0.2, 0) is 27.2 Å². The SMILES string of the molecule is COCCOCCOCCn1cc(CCCO)nn1. The van der Waals surface area contributed by atoms with Crippen molar-refractivity contribution in [2.24, 2.45) is 0 Å². The third-order valence-electron chi connectivity index (χ3n) is 2.45. The Morgan fingerprint density at radius 3 is 2.63 bits per heavy atom. The molecule has 7 nitrogen and oxygen atoms in total. The summed E-state index contributed by atoms with van der Waals surface area (Å²) in [4.78, 5) is 0. The van der Waals surface area contributed by atoms with Crippen molar-refractivity contribution >= 4 is 0 Å². The van der Waals surface area contributed by atoms with Crippen molar-refractivity contribution in [3.8, 4) is 0 Å². The fourth-order valence-corrected chi connectivity index (χ4v) is 1.44. The van der Waals surface area contributed by atoms with E-state index in [0.717, 1.165) is 12.1 Å². The Morgan fingerprint density at radius 1 is 1.16 bits per heavy atom. The van der Waals surface area contributed by atoms with Gasteiger partial charge < -0.3 is 19.3 Å². The molecule has 1 heterocycles. The van der Waals surface area contributed by atoms with Gasteiger partial charge in [0, 0.05) is 19.9 Å². The van der Waals surface area contributed by atoms with E-state index in [1.165, 1.54) is 0 Å². The number of aromatic nitrogens is 3. The van der Waals surface area contributed by atoms with E-state index in [-0.39, 0.29) is 6.61 Å². The van der Waals surface area contributed by atoms with Crippen molar-refractivity contribution in [3.05, 3.63) is 11.9 Å². The molecular weight excluding hydrogens is 250 g/mol. The Kier molecular flexibility index (Phi) is 9.17. The van der Waals surface area contributed by atoms with Crippen LogP contribution in [-0.4, -0.2) is 66.9 Å². The molecule has 0 spiro atoms. The summed E-state index contributed by atoms with van der Waals surface area (Å²) in [5.74, 6) is 0. The molecule has 0 aliphatic rings. The molecule has 1 aromatic heterocycles. The zero-order valence-corrected chi connectivity index (χ0v) is 11.5. The van der Waals surface area contributed by atoms with Crippen LogP contribution in [0, 0.1) is 0 Å². The summed E-state index contributed by atoms with van der Waals surface area (Å²) in [6.07, 6.45) is 3.35. The van der Waals surface area contributed by atoms with E-state index in [0.29, 0.717) is 46.0 Å². The molecule has 1 N–H and O–H groups in total. The first-order valence-electron chi connectivity index (χ1n) is 6.51. The first kappa shape index (κ1) is 16.0. The predicted octanol–water partition coefficient (Wildman–Crippen LogP) is -0.117. The van der Waals surface area contributed by atoms with Gasteiger partial charge in [0.25, 0.3) is 0 Å². The molecule has 110 valence electrons. The van der Waals surface area contributed by atoms with Crippen molar-refractivity contribution in [3.63, 3.8) is 0 Å². The van der Waals surface area contributed by atoms with Crippen molar-refractivity contribution in [2.75, 3.05) is 46.8 Å². The molecule has 1 aromatic rings. The lowest BCUT2D eigenvalue weighted by atomic mass is 10.3. The Morgan fingerprint density at radius 2 is 1.89 bits per heavy atom. The summed E-state index contributed by atoms with van der Waals surface area (Å²) in [6, 6.07) is 0. The van der Waals surface area contributed by atoms with Crippen LogP contribution < -0.4 is 0 Å². The number of nitrogens with zero attached hydrogens (tertiary/aromatic N) is 3. The molecule has 0 saturated heterocycles. The van der Waals surface area contributed by atoms with E-state index in [2.05, 4.69) is 10.3 Å². The lowest BCUT2D eigenvalue weighted by Crippen LogP contribution is -2.12. The normalized spacial score (nSPS) is 11.1. The average molecular weight is 273 g/mol. The number of aliphatic hydroxyl groups is 1. The van der Waals surface area contributed by atoms with E-state index < -0.39 is 0 Å². The van der Waals surface area contributed by atoms with Gasteiger partial charge in [0.1, 0.15) is 0 Å². The van der Waals surface area contributed by atoms with E-state index in [1.54, 1.807) is 11.8 Å². The van der Waals surface area contributed by atoms with Crippen LogP contribution in [0.3, 0.4) is 0 Å². The van der Waals surface area contributed by atoms with Gasteiger partial charge in [-0.15, -0.1) is 5.10 Å². The summed E-state index contributed by atoms with van der Waals surface area (Å²) in [7, 11) is 1.65. The van der Waals surface area contributed by atoms with Gasteiger partial charge in [-0.3, -0.25) is 0 Å². The lowest BCUT2D eigenvalue weighted by molar-refractivity contribution is 0.0224. The van der Waals surface area contributed by atoms with E-state index in [9.17, 15) is 0 Å². The molecule has 0 fully saturated rings. The molecule has 0 aliphatic carbocycles. The van der Waals surface area contributed by atoms with Gasteiger partial charge >= 0.3 is 0 Å². The maximum absolute atomic E-state index is 8.72. The van der Waals surface area contributed by atoms with Crippen LogP contribution >= 0.6 is 0 Å². The highest BCUT2D eigenvalue weighted by atomic mass is 16.5. The van der Waals surface area contributed by atoms with Crippen molar-refractivity contribution in [1.29, 1.82) is 0 Å². The minimum atomic E-state index is 0.180. The highest BCUT2D eigenvalue weighted by Gasteiger charge is 2.00. The molecule has 0 unspecified atom stereocenters. The van der Waals surface area contributed by atoms with Gasteiger partial charge in [0.15, 0.2) is 0 Å². The monoisotopic (exact) mass is 273 g/mol. The molecular formula is C12H23N3O4. The molecule has 0 aromatic carbocycles. The molecule has 19 heavy (non-hydrogen) atoms. The third kappa shape index (κ3) is 7.89. The molecule has 7 heteroatoms. The number of aryl methyl sites for hydroxylation is 1. The van der Waals surface area contributed by atoms with Crippen LogP contribution in [0.15, 0.2) is 6.20 Å². The first-order chi connectivity index (χ1) is 9.36. The van der Waals surface area contributed by atoms with Crippen molar-refractivity contribution < 1.29 is 19.3 Å². The van der Waals surface area contributed by atoms with Crippen molar-refractivity contribution in [2.45, 2.75) is 19.4 Å². The van der Waals surface area contributed by atoms with E-state index in [4.69, 9.17) is 19.3 Å². The predicted molar refractivity (Wildman–Crippen MR) is 68.9 cm³/mol. The van der Waals surface area contributed by atoms with Gasteiger partial charge in [0.2, 0.25) is 0 Å². The molecule has 0 amide bonds. The fraction of sp³-hybridized carbons (Fsp3) is 0.833. The second kappa shape index (κ2) is 10.9. The maximum atomic E-state index is 8.72. The topological polar surface area (TPSA) is 78.6 Å². The van der Waals surface area contributed by atoms with E-state index in [1.807, 2.05) is 6.20 Å². The zero-order valence-electron chi connectivity index (χ0n) is 11.5. The molecule has 0 radical (unpaired) electrons. The fourth-order valence-electron chi connectivity index (χ4n) is 1.44. The summed E-state index contributed by atoms with van der Waals surface area (Å²) in [5.41, 5.74) is 0.900. The van der Waals surface area contributed by atoms with Crippen LogP contribution in [0.5, 0.6) is 0 Å². The molecule has 1 rings (SSSR count). The maximum Gasteiger partial charge on any atom is 0.0828 e. The number of aliphatic hydroxyl groups excluding tert-OH is 1. The largest absolute Gasteiger partial charge is 0.396 e. The Hall–Kier alpha value is -1.02. The summed E-state index contributed by atoms with van der Waals surface area (Å²) in [5, 5.41) is 16.7. The smallest absolute Gasteiger partial charge is 0.0828 e. The summed E-state index contributed by atoms with van der Waals surface area (Å²) < 4.78 is 17.3. The molecule has 0 atom stereocenters.